The highest BCUT2D eigenvalue weighted by Crippen LogP contribution is 2.56. The normalized spacial score (nSPS) is 28.4. The first-order chi connectivity index (χ1) is 5.61. The van der Waals surface area contributed by atoms with Gasteiger partial charge in [-0.05, 0) is 0 Å². The summed E-state index contributed by atoms with van der Waals surface area (Å²) in [7, 11) is 0. The standard InChI is InChI=1S/C6H6ClF2N3/c7-4(3-1-6(3,8)9)5-10-2-11-12-5/h2-4H,1H2,(H,10,11,12)/t3-,4?/m0/s1. The molecule has 0 saturated heterocycles. The molecule has 1 aliphatic rings. The third kappa shape index (κ3) is 1.18. The number of H-pyrrole nitrogens is 1. The second-order valence-electron chi connectivity index (χ2n) is 2.84. The van der Waals surface area contributed by atoms with Crippen LogP contribution in [0.5, 0.6) is 0 Å². The summed E-state index contributed by atoms with van der Waals surface area (Å²) in [5, 5.41) is 5.26. The van der Waals surface area contributed by atoms with Crippen LogP contribution in [0, 0.1) is 5.92 Å². The average molecular weight is 194 g/mol. The van der Waals surface area contributed by atoms with E-state index in [4.69, 9.17) is 11.6 Å². The van der Waals surface area contributed by atoms with Crippen molar-refractivity contribution in [2.24, 2.45) is 5.92 Å². The molecule has 1 heterocycles. The van der Waals surface area contributed by atoms with Gasteiger partial charge in [-0.1, -0.05) is 0 Å². The lowest BCUT2D eigenvalue weighted by atomic mass is 10.3. The van der Waals surface area contributed by atoms with Gasteiger partial charge in [0.1, 0.15) is 17.5 Å². The molecule has 1 fully saturated rings. The van der Waals surface area contributed by atoms with Gasteiger partial charge in [0.15, 0.2) is 0 Å². The highest BCUT2D eigenvalue weighted by Gasteiger charge is 2.61. The summed E-state index contributed by atoms with van der Waals surface area (Å²) in [5.41, 5.74) is 0. The van der Waals surface area contributed by atoms with Crippen molar-refractivity contribution in [3.05, 3.63) is 12.2 Å². The van der Waals surface area contributed by atoms with Gasteiger partial charge in [0.2, 0.25) is 0 Å². The average Bonchev–Trinajstić information content (AvgIpc) is 2.56. The maximum atomic E-state index is 12.5. The van der Waals surface area contributed by atoms with E-state index >= 15 is 0 Å². The predicted octanol–water partition coefficient (Wildman–Crippen LogP) is 1.74. The van der Waals surface area contributed by atoms with Gasteiger partial charge in [-0.3, -0.25) is 5.10 Å². The Labute approximate surface area is 72.1 Å². The van der Waals surface area contributed by atoms with E-state index in [1.807, 2.05) is 0 Å². The van der Waals surface area contributed by atoms with Crippen LogP contribution in [0.1, 0.15) is 17.6 Å². The molecule has 12 heavy (non-hydrogen) atoms. The third-order valence-electron chi connectivity index (χ3n) is 1.92. The summed E-state index contributed by atoms with van der Waals surface area (Å²) in [4.78, 5) is 3.71. The SMILES string of the molecule is FC1(F)C[C@H]1C(Cl)c1ncn[nH]1. The first-order valence-corrected chi connectivity index (χ1v) is 3.92. The molecule has 6 heteroatoms. The first-order valence-electron chi connectivity index (χ1n) is 3.48. The highest BCUT2D eigenvalue weighted by atomic mass is 35.5. The number of hydrogen-bond donors (Lipinski definition) is 1. The van der Waals surface area contributed by atoms with Crippen LogP contribution in [0.4, 0.5) is 8.78 Å². The minimum absolute atomic E-state index is 0.151. The number of rotatable bonds is 2. The molecule has 1 unspecified atom stereocenters. The Hall–Kier alpha value is -0.710. The quantitative estimate of drug-likeness (QED) is 0.727. The van der Waals surface area contributed by atoms with Crippen molar-refractivity contribution >= 4 is 11.6 Å². The number of alkyl halides is 3. The lowest BCUT2D eigenvalue weighted by molar-refractivity contribution is 0.0974. The molecule has 2 rings (SSSR count). The van der Waals surface area contributed by atoms with E-state index < -0.39 is 17.2 Å². The molecule has 0 amide bonds. The Morgan fingerprint density at radius 1 is 1.75 bits per heavy atom. The van der Waals surface area contributed by atoms with Gasteiger partial charge in [-0.25, -0.2) is 13.8 Å². The van der Waals surface area contributed by atoms with Crippen molar-refractivity contribution in [1.29, 1.82) is 0 Å². The van der Waals surface area contributed by atoms with Crippen molar-refractivity contribution in [2.75, 3.05) is 0 Å². The van der Waals surface area contributed by atoms with Crippen molar-refractivity contribution in [2.45, 2.75) is 17.7 Å². The smallest absolute Gasteiger partial charge is 0.253 e. The summed E-state index contributed by atoms with van der Waals surface area (Å²) in [6, 6.07) is 0. The van der Waals surface area contributed by atoms with E-state index in [9.17, 15) is 8.78 Å². The molecular weight excluding hydrogens is 188 g/mol. The maximum absolute atomic E-state index is 12.5. The van der Waals surface area contributed by atoms with Crippen molar-refractivity contribution < 1.29 is 8.78 Å². The summed E-state index contributed by atoms with van der Waals surface area (Å²) in [5.74, 6) is -3.08. The monoisotopic (exact) mass is 193 g/mol. The Kier molecular flexibility index (Phi) is 1.57. The van der Waals surface area contributed by atoms with Crippen LogP contribution in [0.3, 0.4) is 0 Å². The topological polar surface area (TPSA) is 41.6 Å². The molecule has 0 radical (unpaired) electrons. The molecule has 1 aliphatic carbocycles. The van der Waals surface area contributed by atoms with Gasteiger partial charge in [0.05, 0.1) is 5.92 Å². The lowest BCUT2D eigenvalue weighted by Gasteiger charge is -2.02. The van der Waals surface area contributed by atoms with E-state index in [1.165, 1.54) is 6.33 Å². The van der Waals surface area contributed by atoms with Crippen LogP contribution in [0.25, 0.3) is 0 Å². The van der Waals surface area contributed by atoms with E-state index in [2.05, 4.69) is 15.2 Å². The lowest BCUT2D eigenvalue weighted by Crippen LogP contribution is -2.02. The van der Waals surface area contributed by atoms with E-state index in [-0.39, 0.29) is 6.42 Å². The number of hydrogen-bond acceptors (Lipinski definition) is 2. The molecule has 0 bridgehead atoms. The Morgan fingerprint density at radius 2 is 2.42 bits per heavy atom. The second kappa shape index (κ2) is 2.39. The fourth-order valence-electron chi connectivity index (χ4n) is 1.09. The van der Waals surface area contributed by atoms with Crippen LogP contribution in [-0.4, -0.2) is 21.1 Å². The summed E-state index contributed by atoms with van der Waals surface area (Å²) < 4.78 is 25.0. The summed E-state index contributed by atoms with van der Waals surface area (Å²) in [6.45, 7) is 0. The zero-order valence-electron chi connectivity index (χ0n) is 5.97. The van der Waals surface area contributed by atoms with Gasteiger partial charge in [0.25, 0.3) is 5.92 Å². The molecule has 0 spiro atoms. The van der Waals surface area contributed by atoms with Crippen LogP contribution >= 0.6 is 11.6 Å². The Balaban J connectivity index is 2.08. The third-order valence-corrected chi connectivity index (χ3v) is 2.43. The van der Waals surface area contributed by atoms with Gasteiger partial charge in [0, 0.05) is 6.42 Å². The molecule has 0 aliphatic heterocycles. The summed E-state index contributed by atoms with van der Waals surface area (Å²) in [6.07, 6.45) is 1.10. The van der Waals surface area contributed by atoms with Crippen molar-refractivity contribution in [3.63, 3.8) is 0 Å². The minimum Gasteiger partial charge on any atom is -0.262 e. The molecule has 0 aromatic carbocycles. The minimum atomic E-state index is -2.61. The molecule has 2 atom stereocenters. The second-order valence-corrected chi connectivity index (χ2v) is 3.31. The number of halogens is 3. The summed E-state index contributed by atoms with van der Waals surface area (Å²) >= 11 is 5.72. The van der Waals surface area contributed by atoms with Gasteiger partial charge in [-0.2, -0.15) is 5.10 Å². The molecular formula is C6H6ClF2N3. The molecule has 1 saturated carbocycles. The molecule has 1 aromatic rings. The van der Waals surface area contributed by atoms with Crippen LogP contribution in [0.15, 0.2) is 6.33 Å². The van der Waals surface area contributed by atoms with Gasteiger partial charge in [-0.15, -0.1) is 11.6 Å². The number of nitrogens with one attached hydrogen (secondary N) is 1. The zero-order valence-corrected chi connectivity index (χ0v) is 6.72. The largest absolute Gasteiger partial charge is 0.262 e. The predicted molar refractivity (Wildman–Crippen MR) is 38.0 cm³/mol. The van der Waals surface area contributed by atoms with E-state index in [0.717, 1.165) is 0 Å². The first kappa shape index (κ1) is 7.91. The highest BCUT2D eigenvalue weighted by molar-refractivity contribution is 6.20. The fourth-order valence-corrected chi connectivity index (χ4v) is 1.47. The number of aromatic amines is 1. The Morgan fingerprint density at radius 3 is 2.83 bits per heavy atom. The van der Waals surface area contributed by atoms with Crippen LogP contribution in [-0.2, 0) is 0 Å². The number of aromatic nitrogens is 3. The van der Waals surface area contributed by atoms with Crippen molar-refractivity contribution in [1.82, 2.24) is 15.2 Å². The zero-order chi connectivity index (χ0) is 8.77. The Bertz CT molecular complexity index is 274. The maximum Gasteiger partial charge on any atom is 0.253 e. The molecule has 1 N–H and O–H groups in total. The molecule has 66 valence electrons. The number of nitrogens with zero attached hydrogens (tertiary/aromatic N) is 2. The van der Waals surface area contributed by atoms with Gasteiger partial charge < -0.3 is 0 Å². The van der Waals surface area contributed by atoms with E-state index in [1.54, 1.807) is 0 Å². The molecule has 1 aromatic heterocycles. The van der Waals surface area contributed by atoms with Crippen LogP contribution < -0.4 is 0 Å². The molecule has 3 nitrogen and oxygen atoms in total. The fraction of sp³-hybridized carbons (Fsp3) is 0.667. The van der Waals surface area contributed by atoms with E-state index in [0.29, 0.717) is 5.82 Å². The van der Waals surface area contributed by atoms with Gasteiger partial charge >= 0.3 is 0 Å². The van der Waals surface area contributed by atoms with Crippen molar-refractivity contribution in [3.8, 4) is 0 Å². The van der Waals surface area contributed by atoms with Crippen LogP contribution in [0.2, 0.25) is 0 Å².